The number of carbonyl (C=O) groups is 1. The Labute approximate surface area is 181 Å². The Hall–Kier alpha value is -2.30. The van der Waals surface area contributed by atoms with E-state index in [-0.39, 0.29) is 5.91 Å². The largest absolute Gasteiger partial charge is 0.497 e. The minimum Gasteiger partial charge on any atom is -0.497 e. The fraction of sp³-hybridized carbons (Fsp3) is 0.600. The molecule has 5 nitrogen and oxygen atoms in total. The number of piperidine rings is 1. The first kappa shape index (κ1) is 22.4. The molecule has 0 N–H and O–H groups in total. The molecule has 2 heterocycles. The molecule has 1 fully saturated rings. The number of hydrogen-bond acceptors (Lipinski definition) is 3. The fourth-order valence-corrected chi connectivity index (χ4v) is 4.41. The van der Waals surface area contributed by atoms with Crippen LogP contribution >= 0.6 is 0 Å². The van der Waals surface area contributed by atoms with Crippen molar-refractivity contribution in [2.24, 2.45) is 11.8 Å². The second-order valence-electron chi connectivity index (χ2n) is 9.11. The molecule has 1 aromatic heterocycles. The van der Waals surface area contributed by atoms with Crippen LogP contribution in [0.4, 0.5) is 0 Å². The number of hydrogen-bond donors (Lipinski definition) is 0. The smallest absolute Gasteiger partial charge is 0.227 e. The van der Waals surface area contributed by atoms with Crippen molar-refractivity contribution in [3.8, 4) is 5.75 Å². The van der Waals surface area contributed by atoms with Gasteiger partial charge in [0.1, 0.15) is 5.75 Å². The molecule has 0 aliphatic carbocycles. The molecule has 0 atom stereocenters. The number of ether oxygens (including phenoxy) is 1. The number of aryl methyl sites for hydroxylation is 2. The average molecular weight is 412 g/mol. The number of amides is 1. The molecule has 5 heteroatoms. The molecular weight excluding hydrogens is 374 g/mol. The molecule has 0 unspecified atom stereocenters. The standard InChI is InChI=1S/C25H37N3O2/c1-18(2)17-28-20(4)24(19(3)26-28)16-25(29)27-14-12-22(13-15-27)7-6-21-8-10-23(30-5)11-9-21/h8-11,18,22H,6-7,12-17H2,1-5H3. The zero-order valence-corrected chi connectivity index (χ0v) is 19.3. The Bertz CT molecular complexity index is 831. The summed E-state index contributed by atoms with van der Waals surface area (Å²) >= 11 is 0. The highest BCUT2D eigenvalue weighted by Crippen LogP contribution is 2.24. The molecular formula is C25H37N3O2. The van der Waals surface area contributed by atoms with Crippen molar-refractivity contribution < 1.29 is 9.53 Å². The predicted octanol–water partition coefficient (Wildman–Crippen LogP) is 4.58. The third-order valence-electron chi connectivity index (χ3n) is 6.36. The van der Waals surface area contributed by atoms with Gasteiger partial charge in [-0.15, -0.1) is 0 Å². The van der Waals surface area contributed by atoms with E-state index in [1.165, 1.54) is 12.0 Å². The van der Waals surface area contributed by atoms with Crippen LogP contribution in [-0.4, -0.2) is 40.8 Å². The van der Waals surface area contributed by atoms with Gasteiger partial charge in [0.2, 0.25) is 5.91 Å². The van der Waals surface area contributed by atoms with Crippen molar-refractivity contribution in [3.63, 3.8) is 0 Å². The van der Waals surface area contributed by atoms with Crippen molar-refractivity contribution in [1.29, 1.82) is 0 Å². The second-order valence-corrected chi connectivity index (χ2v) is 9.11. The number of methoxy groups -OCH3 is 1. The molecule has 2 aromatic rings. The summed E-state index contributed by atoms with van der Waals surface area (Å²) in [5.41, 5.74) is 4.61. The van der Waals surface area contributed by atoms with Crippen LogP contribution < -0.4 is 4.74 Å². The molecule has 3 rings (SSSR count). The highest BCUT2D eigenvalue weighted by molar-refractivity contribution is 5.79. The van der Waals surface area contributed by atoms with Crippen LogP contribution in [0, 0.1) is 25.7 Å². The van der Waals surface area contributed by atoms with Gasteiger partial charge in [0, 0.05) is 30.9 Å². The third kappa shape index (κ3) is 5.65. The van der Waals surface area contributed by atoms with E-state index in [0.29, 0.717) is 18.3 Å². The van der Waals surface area contributed by atoms with Crippen molar-refractivity contribution in [2.75, 3.05) is 20.2 Å². The molecule has 1 aliphatic heterocycles. The van der Waals surface area contributed by atoms with Gasteiger partial charge in [-0.2, -0.15) is 5.10 Å². The van der Waals surface area contributed by atoms with Gasteiger partial charge in [0.15, 0.2) is 0 Å². The Morgan fingerprint density at radius 1 is 1.17 bits per heavy atom. The van der Waals surface area contributed by atoms with Gasteiger partial charge in [-0.05, 0) is 69.1 Å². The maximum Gasteiger partial charge on any atom is 0.227 e. The Balaban J connectivity index is 1.47. The van der Waals surface area contributed by atoms with Crippen LogP contribution in [0.25, 0.3) is 0 Å². The van der Waals surface area contributed by atoms with Crippen molar-refractivity contribution >= 4 is 5.91 Å². The molecule has 1 aromatic carbocycles. The Morgan fingerprint density at radius 2 is 1.83 bits per heavy atom. The number of nitrogens with zero attached hydrogens (tertiary/aromatic N) is 3. The zero-order valence-electron chi connectivity index (χ0n) is 19.3. The summed E-state index contributed by atoms with van der Waals surface area (Å²) < 4.78 is 7.29. The summed E-state index contributed by atoms with van der Waals surface area (Å²) in [4.78, 5) is 15.0. The normalized spacial score (nSPS) is 15.1. The topological polar surface area (TPSA) is 47.4 Å². The van der Waals surface area contributed by atoms with Crippen molar-refractivity contribution in [3.05, 3.63) is 46.8 Å². The van der Waals surface area contributed by atoms with E-state index < -0.39 is 0 Å². The molecule has 30 heavy (non-hydrogen) atoms. The van der Waals surface area contributed by atoms with Gasteiger partial charge in [-0.3, -0.25) is 9.48 Å². The molecule has 0 spiro atoms. The lowest BCUT2D eigenvalue weighted by Crippen LogP contribution is -2.39. The van der Waals surface area contributed by atoms with E-state index in [9.17, 15) is 4.79 Å². The second kappa shape index (κ2) is 10.1. The summed E-state index contributed by atoms with van der Waals surface area (Å²) in [6, 6.07) is 8.37. The number of likely N-dealkylation sites (tertiary alicyclic amines) is 1. The van der Waals surface area contributed by atoms with E-state index in [1.54, 1.807) is 7.11 Å². The lowest BCUT2D eigenvalue weighted by Gasteiger charge is -2.32. The first-order valence-corrected chi connectivity index (χ1v) is 11.3. The minimum absolute atomic E-state index is 0.249. The van der Waals surface area contributed by atoms with Crippen LogP contribution in [0.1, 0.15) is 55.6 Å². The monoisotopic (exact) mass is 411 g/mol. The molecule has 0 radical (unpaired) electrons. The van der Waals surface area contributed by atoms with Crippen molar-refractivity contribution in [1.82, 2.24) is 14.7 Å². The summed E-state index contributed by atoms with van der Waals surface area (Å²) in [6.45, 7) is 11.2. The van der Waals surface area contributed by atoms with E-state index in [1.807, 2.05) is 19.1 Å². The fourth-order valence-electron chi connectivity index (χ4n) is 4.41. The zero-order chi connectivity index (χ0) is 21.7. The molecule has 1 amide bonds. The van der Waals surface area contributed by atoms with E-state index in [0.717, 1.165) is 61.6 Å². The highest BCUT2D eigenvalue weighted by atomic mass is 16.5. The van der Waals surface area contributed by atoms with Gasteiger partial charge in [0.25, 0.3) is 0 Å². The van der Waals surface area contributed by atoms with Gasteiger partial charge in [-0.1, -0.05) is 26.0 Å². The lowest BCUT2D eigenvalue weighted by molar-refractivity contribution is -0.131. The van der Waals surface area contributed by atoms with Gasteiger partial charge in [-0.25, -0.2) is 0 Å². The lowest BCUT2D eigenvalue weighted by atomic mass is 9.90. The quantitative estimate of drug-likeness (QED) is 0.639. The molecule has 164 valence electrons. The number of rotatable bonds is 8. The molecule has 0 saturated carbocycles. The van der Waals surface area contributed by atoms with E-state index in [2.05, 4.69) is 47.6 Å². The Kier molecular flexibility index (Phi) is 7.57. The van der Waals surface area contributed by atoms with E-state index in [4.69, 9.17) is 4.74 Å². The number of carbonyl (C=O) groups excluding carboxylic acids is 1. The predicted molar refractivity (Wildman–Crippen MR) is 121 cm³/mol. The van der Waals surface area contributed by atoms with Crippen LogP contribution in [-0.2, 0) is 24.2 Å². The molecule has 1 aliphatic rings. The maximum absolute atomic E-state index is 12.9. The molecule has 1 saturated heterocycles. The molecule has 0 bridgehead atoms. The highest BCUT2D eigenvalue weighted by Gasteiger charge is 2.24. The van der Waals surface area contributed by atoms with Crippen LogP contribution in [0.15, 0.2) is 24.3 Å². The summed E-state index contributed by atoms with van der Waals surface area (Å²) in [6.07, 6.45) is 4.97. The SMILES string of the molecule is COc1ccc(CCC2CCN(C(=O)Cc3c(C)nn(CC(C)C)c3C)CC2)cc1. The summed E-state index contributed by atoms with van der Waals surface area (Å²) in [7, 11) is 1.70. The number of aromatic nitrogens is 2. The van der Waals surface area contributed by atoms with Crippen LogP contribution in [0.2, 0.25) is 0 Å². The van der Waals surface area contributed by atoms with Crippen LogP contribution in [0.5, 0.6) is 5.75 Å². The average Bonchev–Trinajstić information content (AvgIpc) is 2.99. The van der Waals surface area contributed by atoms with Gasteiger partial charge in [0.05, 0.1) is 19.2 Å². The van der Waals surface area contributed by atoms with E-state index >= 15 is 0 Å². The van der Waals surface area contributed by atoms with Gasteiger partial charge >= 0.3 is 0 Å². The maximum atomic E-state index is 12.9. The van der Waals surface area contributed by atoms with Crippen molar-refractivity contribution in [2.45, 2.75) is 66.3 Å². The minimum atomic E-state index is 0.249. The number of benzene rings is 1. The summed E-state index contributed by atoms with van der Waals surface area (Å²) in [5, 5.41) is 4.66. The van der Waals surface area contributed by atoms with Crippen LogP contribution in [0.3, 0.4) is 0 Å². The Morgan fingerprint density at radius 3 is 2.43 bits per heavy atom. The summed E-state index contributed by atoms with van der Waals surface area (Å²) in [5.74, 6) is 2.40. The third-order valence-corrected chi connectivity index (χ3v) is 6.36. The first-order chi connectivity index (χ1) is 14.4. The first-order valence-electron chi connectivity index (χ1n) is 11.3. The van der Waals surface area contributed by atoms with Gasteiger partial charge < -0.3 is 9.64 Å².